The van der Waals surface area contributed by atoms with Gasteiger partial charge < -0.3 is 25.2 Å². The van der Waals surface area contributed by atoms with E-state index in [-0.39, 0.29) is 17.7 Å². The summed E-state index contributed by atoms with van der Waals surface area (Å²) in [7, 11) is 3.73. The zero-order valence-corrected chi connectivity index (χ0v) is 23.8. The molecule has 4 rings (SSSR count). The number of rotatable bonds is 7. The van der Waals surface area contributed by atoms with Crippen LogP contribution in [0.2, 0.25) is 0 Å². The topological polar surface area (TPSA) is 104 Å². The minimum Gasteiger partial charge on any atom is -0.444 e. The molecule has 2 heterocycles. The molecule has 1 saturated heterocycles. The minimum absolute atomic E-state index is 0.191. The SMILES string of the molecule is CN(C)c1ccc(NC(=O)C2CCN(C(=O)OC(C)(C)C)C2)cc1C(=O)NCc1cccc(-c2nccs2)c1. The van der Waals surface area contributed by atoms with Crippen LogP contribution >= 0.6 is 11.3 Å². The van der Waals surface area contributed by atoms with Crippen LogP contribution in [0.3, 0.4) is 0 Å². The molecular formula is C29H35N5O4S. The molecule has 3 amide bonds. The number of carbonyl (C=O) groups is 3. The first kappa shape index (κ1) is 28.1. The van der Waals surface area contributed by atoms with Crippen LogP contribution in [0.4, 0.5) is 16.2 Å². The Bertz CT molecular complexity index is 1330. The zero-order valence-electron chi connectivity index (χ0n) is 23.0. The highest BCUT2D eigenvalue weighted by molar-refractivity contribution is 7.13. The van der Waals surface area contributed by atoms with Crippen molar-refractivity contribution in [1.29, 1.82) is 0 Å². The van der Waals surface area contributed by atoms with E-state index in [2.05, 4.69) is 15.6 Å². The van der Waals surface area contributed by atoms with Gasteiger partial charge in [0.15, 0.2) is 0 Å². The van der Waals surface area contributed by atoms with Crippen molar-refractivity contribution in [1.82, 2.24) is 15.2 Å². The normalized spacial score (nSPS) is 15.1. The Morgan fingerprint density at radius 1 is 1.15 bits per heavy atom. The molecule has 0 radical (unpaired) electrons. The fourth-order valence-electron chi connectivity index (χ4n) is 4.35. The number of amides is 3. The molecule has 1 unspecified atom stereocenters. The second-order valence-corrected chi connectivity index (χ2v) is 11.6. The Morgan fingerprint density at radius 2 is 1.95 bits per heavy atom. The van der Waals surface area contributed by atoms with E-state index < -0.39 is 11.7 Å². The monoisotopic (exact) mass is 549 g/mol. The van der Waals surface area contributed by atoms with E-state index in [1.54, 1.807) is 34.6 Å². The van der Waals surface area contributed by atoms with Gasteiger partial charge in [0.05, 0.1) is 11.5 Å². The summed E-state index contributed by atoms with van der Waals surface area (Å²) in [5.41, 5.74) is 3.09. The molecule has 1 aromatic heterocycles. The lowest BCUT2D eigenvalue weighted by atomic mass is 10.1. The molecule has 1 aliphatic rings. The number of aromatic nitrogens is 1. The second kappa shape index (κ2) is 11.9. The number of benzene rings is 2. The molecule has 0 spiro atoms. The van der Waals surface area contributed by atoms with E-state index in [9.17, 15) is 14.4 Å². The third-order valence-corrected chi connectivity index (χ3v) is 7.08. The van der Waals surface area contributed by atoms with Crippen LogP contribution in [0, 0.1) is 5.92 Å². The maximum Gasteiger partial charge on any atom is 0.410 e. The van der Waals surface area contributed by atoms with Gasteiger partial charge in [-0.2, -0.15) is 0 Å². The van der Waals surface area contributed by atoms with Crippen LogP contribution in [0.15, 0.2) is 54.0 Å². The molecule has 3 aromatic rings. The van der Waals surface area contributed by atoms with Gasteiger partial charge in [0.1, 0.15) is 10.6 Å². The van der Waals surface area contributed by atoms with Gasteiger partial charge >= 0.3 is 6.09 Å². The van der Waals surface area contributed by atoms with Gasteiger partial charge in [-0.15, -0.1) is 11.3 Å². The van der Waals surface area contributed by atoms with Crippen molar-refractivity contribution in [2.45, 2.75) is 39.3 Å². The van der Waals surface area contributed by atoms with E-state index in [0.29, 0.717) is 37.3 Å². The summed E-state index contributed by atoms with van der Waals surface area (Å²) in [6.07, 6.45) is 1.91. The maximum absolute atomic E-state index is 13.3. The number of hydrogen-bond acceptors (Lipinski definition) is 7. The van der Waals surface area contributed by atoms with E-state index in [0.717, 1.165) is 21.8 Å². The Kier molecular flexibility index (Phi) is 8.54. The Labute approximate surface area is 233 Å². The molecule has 9 nitrogen and oxygen atoms in total. The summed E-state index contributed by atoms with van der Waals surface area (Å²) in [6.45, 7) is 6.56. The average Bonchev–Trinajstić information content (AvgIpc) is 3.59. The van der Waals surface area contributed by atoms with Crippen molar-refractivity contribution in [3.05, 3.63) is 65.2 Å². The molecule has 1 atom stereocenters. The van der Waals surface area contributed by atoms with Gasteiger partial charge in [0, 0.05) is 62.2 Å². The number of nitrogens with zero attached hydrogens (tertiary/aromatic N) is 3. The smallest absolute Gasteiger partial charge is 0.410 e. The van der Waals surface area contributed by atoms with Crippen molar-refractivity contribution in [2.75, 3.05) is 37.4 Å². The lowest BCUT2D eigenvalue weighted by molar-refractivity contribution is -0.119. The summed E-state index contributed by atoms with van der Waals surface area (Å²) < 4.78 is 5.43. The van der Waals surface area contributed by atoms with Crippen LogP contribution in [0.5, 0.6) is 0 Å². The molecule has 2 aromatic carbocycles. The summed E-state index contributed by atoms with van der Waals surface area (Å²) in [4.78, 5) is 46.4. The first-order chi connectivity index (χ1) is 18.5. The highest BCUT2D eigenvalue weighted by Crippen LogP contribution is 2.26. The number of carbonyl (C=O) groups excluding carboxylic acids is 3. The van der Waals surface area contributed by atoms with E-state index >= 15 is 0 Å². The van der Waals surface area contributed by atoms with Gasteiger partial charge in [-0.3, -0.25) is 9.59 Å². The minimum atomic E-state index is -0.591. The highest BCUT2D eigenvalue weighted by atomic mass is 32.1. The fraction of sp³-hybridized carbons (Fsp3) is 0.379. The van der Waals surface area contributed by atoms with Crippen LogP contribution in [-0.4, -0.2) is 60.6 Å². The Morgan fingerprint density at radius 3 is 2.64 bits per heavy atom. The van der Waals surface area contributed by atoms with E-state index in [1.165, 1.54) is 0 Å². The Balaban J connectivity index is 1.41. The average molecular weight is 550 g/mol. The van der Waals surface area contributed by atoms with Crippen LogP contribution in [0.1, 0.15) is 43.1 Å². The van der Waals surface area contributed by atoms with Crippen molar-refractivity contribution < 1.29 is 19.1 Å². The first-order valence-corrected chi connectivity index (χ1v) is 13.8. The molecular weight excluding hydrogens is 514 g/mol. The zero-order chi connectivity index (χ0) is 28.2. The Hall–Kier alpha value is -3.92. The molecule has 0 aliphatic carbocycles. The highest BCUT2D eigenvalue weighted by Gasteiger charge is 2.33. The molecule has 206 valence electrons. The molecule has 0 bridgehead atoms. The van der Waals surface area contributed by atoms with Gasteiger partial charge in [0.2, 0.25) is 5.91 Å². The van der Waals surface area contributed by atoms with Crippen molar-refractivity contribution in [2.24, 2.45) is 5.92 Å². The van der Waals surface area contributed by atoms with E-state index in [1.807, 2.05) is 75.5 Å². The number of ether oxygens (including phenoxy) is 1. The van der Waals surface area contributed by atoms with Crippen molar-refractivity contribution >= 4 is 40.6 Å². The molecule has 1 fully saturated rings. The molecule has 0 saturated carbocycles. The van der Waals surface area contributed by atoms with Gasteiger partial charge in [-0.1, -0.05) is 18.2 Å². The largest absolute Gasteiger partial charge is 0.444 e. The van der Waals surface area contributed by atoms with Crippen LogP contribution in [-0.2, 0) is 16.1 Å². The number of hydrogen-bond donors (Lipinski definition) is 2. The summed E-state index contributed by atoms with van der Waals surface area (Å²) in [5.74, 6) is -0.788. The van der Waals surface area contributed by atoms with Crippen molar-refractivity contribution in [3.63, 3.8) is 0 Å². The third-order valence-electron chi connectivity index (χ3n) is 6.26. The predicted molar refractivity (Wildman–Crippen MR) is 154 cm³/mol. The molecule has 10 heteroatoms. The summed E-state index contributed by atoms with van der Waals surface area (Å²) in [6, 6.07) is 13.2. The van der Waals surface area contributed by atoms with E-state index in [4.69, 9.17) is 4.74 Å². The quantitative estimate of drug-likeness (QED) is 0.430. The number of anilines is 2. The predicted octanol–water partition coefficient (Wildman–Crippen LogP) is 5.00. The second-order valence-electron chi connectivity index (χ2n) is 10.7. The van der Waals surface area contributed by atoms with Crippen LogP contribution in [0.25, 0.3) is 10.6 Å². The van der Waals surface area contributed by atoms with Gasteiger partial charge in [-0.05, 0) is 57.0 Å². The summed E-state index contributed by atoms with van der Waals surface area (Å²) >= 11 is 1.57. The van der Waals surface area contributed by atoms with Gasteiger partial charge in [0.25, 0.3) is 5.91 Å². The summed E-state index contributed by atoms with van der Waals surface area (Å²) in [5, 5.41) is 8.79. The maximum atomic E-state index is 13.3. The number of likely N-dealkylation sites (tertiary alicyclic amines) is 1. The molecule has 1 aliphatic heterocycles. The number of thiazole rings is 1. The van der Waals surface area contributed by atoms with Gasteiger partial charge in [-0.25, -0.2) is 9.78 Å². The van der Waals surface area contributed by atoms with Crippen molar-refractivity contribution in [3.8, 4) is 10.6 Å². The van der Waals surface area contributed by atoms with Crippen LogP contribution < -0.4 is 15.5 Å². The molecule has 2 N–H and O–H groups in total. The third kappa shape index (κ3) is 7.35. The fourth-order valence-corrected chi connectivity index (χ4v) is 4.99. The molecule has 39 heavy (non-hydrogen) atoms. The lowest BCUT2D eigenvalue weighted by Crippen LogP contribution is -2.36. The standard InChI is InChI=1S/C29H35N5O4S/c1-29(2,3)38-28(37)34-13-11-21(18-34)25(35)32-22-9-10-24(33(4)5)23(16-22)26(36)31-17-19-7-6-8-20(15-19)27-30-12-14-39-27/h6-10,12,14-16,21H,11,13,17-18H2,1-5H3,(H,31,36)(H,32,35). The number of nitrogens with one attached hydrogen (secondary N) is 2. The first-order valence-electron chi connectivity index (χ1n) is 12.9. The lowest BCUT2D eigenvalue weighted by Gasteiger charge is -2.24.